The Labute approximate surface area is 136 Å². The quantitative estimate of drug-likeness (QED) is 0.820. The fourth-order valence-corrected chi connectivity index (χ4v) is 2.71. The van der Waals surface area contributed by atoms with E-state index in [1.165, 1.54) is 17.7 Å². The van der Waals surface area contributed by atoms with Crippen molar-refractivity contribution in [1.82, 2.24) is 0 Å². The Balaban J connectivity index is 1.54. The normalized spacial score (nSPS) is 15.1. The van der Waals surface area contributed by atoms with Crippen molar-refractivity contribution in [3.63, 3.8) is 0 Å². The van der Waals surface area contributed by atoms with Crippen LogP contribution in [0.25, 0.3) is 0 Å². The summed E-state index contributed by atoms with van der Waals surface area (Å²) in [5, 5.41) is 11.3. The van der Waals surface area contributed by atoms with Gasteiger partial charge in [0.2, 0.25) is 0 Å². The Morgan fingerprint density at radius 1 is 0.913 bits per heavy atom. The van der Waals surface area contributed by atoms with Crippen LogP contribution in [0.2, 0.25) is 0 Å². The molecule has 1 amide bonds. The molecule has 23 heavy (non-hydrogen) atoms. The fraction of sp³-hybridized carbons (Fsp3) is 0.278. The maximum absolute atomic E-state index is 12.0. The minimum absolute atomic E-state index is 0.0700. The highest BCUT2D eigenvalue weighted by Gasteiger charge is 2.18. The summed E-state index contributed by atoms with van der Waals surface area (Å²) in [6.07, 6.45) is 2.45. The largest absolute Gasteiger partial charge is 0.327 e. The molecule has 1 fully saturated rings. The molecule has 1 aliphatic heterocycles. The highest BCUT2D eigenvalue weighted by molar-refractivity contribution is 5.91. The number of nitrogens with one attached hydrogen (secondary N) is 2. The van der Waals surface area contributed by atoms with Crippen molar-refractivity contribution in [3.8, 4) is 0 Å². The van der Waals surface area contributed by atoms with E-state index in [4.69, 9.17) is 0 Å². The molecule has 0 aliphatic carbocycles. The first-order valence-corrected chi connectivity index (χ1v) is 8.00. The van der Waals surface area contributed by atoms with Gasteiger partial charge in [-0.3, -0.25) is 4.79 Å². The molecule has 0 unspecified atom stereocenters. The first kappa shape index (κ1) is 15.4. The molecule has 118 valence electrons. The summed E-state index contributed by atoms with van der Waals surface area (Å²) in [6.45, 7) is 2.76. The highest BCUT2D eigenvalue weighted by atomic mass is 16.2. The van der Waals surface area contributed by atoms with Crippen molar-refractivity contribution in [3.05, 3.63) is 54.6 Å². The van der Waals surface area contributed by atoms with Crippen LogP contribution in [0.4, 0.5) is 17.1 Å². The van der Waals surface area contributed by atoms with Crippen molar-refractivity contribution in [2.75, 3.05) is 25.0 Å². The number of carbonyl (C=O) groups excluding carboxylic acids is 1. The number of rotatable bonds is 5. The molecule has 5 nitrogen and oxygen atoms in total. The van der Waals surface area contributed by atoms with Gasteiger partial charge in [-0.2, -0.15) is 10.2 Å². The molecular weight excluding hydrogens is 288 g/mol. The number of azo groups is 1. The summed E-state index contributed by atoms with van der Waals surface area (Å²) < 4.78 is 0. The molecule has 2 N–H and O–H groups in total. The van der Waals surface area contributed by atoms with Crippen molar-refractivity contribution in [2.24, 2.45) is 10.2 Å². The van der Waals surface area contributed by atoms with E-state index in [2.05, 4.69) is 15.5 Å². The Morgan fingerprint density at radius 2 is 1.52 bits per heavy atom. The maximum Gasteiger partial charge on any atom is 0.279 e. The molecule has 3 rings (SSSR count). The van der Waals surface area contributed by atoms with E-state index in [9.17, 15) is 4.79 Å². The zero-order valence-corrected chi connectivity index (χ0v) is 13.0. The van der Waals surface area contributed by atoms with Crippen molar-refractivity contribution >= 4 is 23.0 Å². The average Bonchev–Trinajstić information content (AvgIpc) is 3.08. The van der Waals surface area contributed by atoms with Crippen LogP contribution in [0.3, 0.4) is 0 Å². The molecule has 2 aromatic carbocycles. The molecule has 0 radical (unpaired) electrons. The first-order chi connectivity index (χ1) is 11.3. The third-order valence-corrected chi connectivity index (χ3v) is 3.91. The van der Waals surface area contributed by atoms with Gasteiger partial charge in [-0.25, -0.2) is 0 Å². The summed E-state index contributed by atoms with van der Waals surface area (Å²) in [6, 6.07) is 17.0. The van der Waals surface area contributed by atoms with Crippen LogP contribution < -0.4 is 10.2 Å². The SMILES string of the molecule is O=C(C[NH+]1CCCC1)Nc1ccc(N=Nc2ccccc2)cc1. The second-order valence-electron chi connectivity index (χ2n) is 5.76. The van der Waals surface area contributed by atoms with Gasteiger partial charge in [-0.05, 0) is 36.4 Å². The third-order valence-electron chi connectivity index (χ3n) is 3.91. The minimum atomic E-state index is 0.0700. The van der Waals surface area contributed by atoms with Gasteiger partial charge in [0.1, 0.15) is 0 Å². The number of benzene rings is 2. The van der Waals surface area contributed by atoms with Gasteiger partial charge in [-0.15, -0.1) is 0 Å². The standard InChI is InChI=1S/C18H20N4O/c23-18(14-22-12-4-5-13-22)19-15-8-10-17(11-9-15)21-20-16-6-2-1-3-7-16/h1-3,6-11H,4-5,12-14H2,(H,19,23)/p+1. The summed E-state index contributed by atoms with van der Waals surface area (Å²) >= 11 is 0. The average molecular weight is 309 g/mol. The molecule has 1 saturated heterocycles. The second-order valence-corrected chi connectivity index (χ2v) is 5.76. The van der Waals surface area contributed by atoms with Crippen LogP contribution in [0, 0.1) is 0 Å². The fourth-order valence-electron chi connectivity index (χ4n) is 2.71. The monoisotopic (exact) mass is 309 g/mol. The lowest BCUT2D eigenvalue weighted by atomic mass is 10.3. The summed E-state index contributed by atoms with van der Waals surface area (Å²) in [5.41, 5.74) is 2.38. The molecule has 1 heterocycles. The Kier molecular flexibility index (Phi) is 5.11. The van der Waals surface area contributed by atoms with Gasteiger partial charge >= 0.3 is 0 Å². The minimum Gasteiger partial charge on any atom is -0.327 e. The lowest BCUT2D eigenvalue weighted by Gasteiger charge is -2.11. The van der Waals surface area contributed by atoms with Crippen LogP contribution >= 0.6 is 0 Å². The first-order valence-electron chi connectivity index (χ1n) is 8.00. The van der Waals surface area contributed by atoms with E-state index in [0.717, 1.165) is 30.2 Å². The van der Waals surface area contributed by atoms with Crippen LogP contribution in [-0.4, -0.2) is 25.5 Å². The summed E-state index contributed by atoms with van der Waals surface area (Å²) in [5.74, 6) is 0.0700. The third kappa shape index (κ3) is 4.72. The number of carbonyl (C=O) groups is 1. The maximum atomic E-state index is 12.0. The Morgan fingerprint density at radius 3 is 2.17 bits per heavy atom. The molecule has 1 aliphatic rings. The van der Waals surface area contributed by atoms with Crippen molar-refractivity contribution in [1.29, 1.82) is 0 Å². The molecule has 0 atom stereocenters. The van der Waals surface area contributed by atoms with E-state index >= 15 is 0 Å². The molecule has 5 heteroatoms. The molecule has 0 spiro atoms. The van der Waals surface area contributed by atoms with E-state index in [1.54, 1.807) is 0 Å². The number of quaternary nitrogens is 1. The number of nitrogens with zero attached hydrogens (tertiary/aromatic N) is 2. The Hall–Kier alpha value is -2.53. The topological polar surface area (TPSA) is 58.3 Å². The number of amides is 1. The van der Waals surface area contributed by atoms with Gasteiger partial charge in [-0.1, -0.05) is 18.2 Å². The molecule has 0 bridgehead atoms. The number of likely N-dealkylation sites (tertiary alicyclic amines) is 1. The van der Waals surface area contributed by atoms with Crippen LogP contribution in [-0.2, 0) is 4.79 Å². The number of hydrogen-bond donors (Lipinski definition) is 2. The van der Waals surface area contributed by atoms with E-state index in [1.807, 2.05) is 54.6 Å². The van der Waals surface area contributed by atoms with Crippen LogP contribution in [0.15, 0.2) is 64.8 Å². The van der Waals surface area contributed by atoms with Crippen molar-refractivity contribution in [2.45, 2.75) is 12.8 Å². The molecule has 0 aromatic heterocycles. The van der Waals surface area contributed by atoms with Crippen molar-refractivity contribution < 1.29 is 9.69 Å². The van der Waals surface area contributed by atoms with Gasteiger partial charge in [0.05, 0.1) is 24.5 Å². The van der Waals surface area contributed by atoms with E-state index in [0.29, 0.717) is 6.54 Å². The molecule has 2 aromatic rings. The number of hydrogen-bond acceptors (Lipinski definition) is 3. The molecule has 0 saturated carbocycles. The predicted octanol–water partition coefficient (Wildman–Crippen LogP) is 2.72. The lowest BCUT2D eigenvalue weighted by molar-refractivity contribution is -0.878. The zero-order chi connectivity index (χ0) is 15.9. The van der Waals surface area contributed by atoms with Gasteiger partial charge in [0, 0.05) is 18.5 Å². The van der Waals surface area contributed by atoms with E-state index in [-0.39, 0.29) is 5.91 Å². The van der Waals surface area contributed by atoms with Crippen LogP contribution in [0.5, 0.6) is 0 Å². The van der Waals surface area contributed by atoms with Gasteiger partial charge < -0.3 is 10.2 Å². The summed E-state index contributed by atoms with van der Waals surface area (Å²) in [4.78, 5) is 13.4. The van der Waals surface area contributed by atoms with E-state index < -0.39 is 0 Å². The second kappa shape index (κ2) is 7.65. The number of anilines is 1. The smallest absolute Gasteiger partial charge is 0.279 e. The summed E-state index contributed by atoms with van der Waals surface area (Å²) in [7, 11) is 0. The Bertz CT molecular complexity index is 661. The van der Waals surface area contributed by atoms with Gasteiger partial charge in [0.25, 0.3) is 5.91 Å². The zero-order valence-electron chi connectivity index (χ0n) is 13.0. The predicted molar refractivity (Wildman–Crippen MR) is 90.5 cm³/mol. The highest BCUT2D eigenvalue weighted by Crippen LogP contribution is 2.19. The van der Waals surface area contributed by atoms with Crippen LogP contribution in [0.1, 0.15) is 12.8 Å². The molecular formula is C18H21N4O+. The lowest BCUT2D eigenvalue weighted by Crippen LogP contribution is -3.11. The van der Waals surface area contributed by atoms with Gasteiger partial charge in [0.15, 0.2) is 6.54 Å².